The molecule has 0 fully saturated rings. The van der Waals surface area contributed by atoms with Gasteiger partial charge in [-0.2, -0.15) is 4.72 Å². The summed E-state index contributed by atoms with van der Waals surface area (Å²) in [6.07, 6.45) is 0. The van der Waals surface area contributed by atoms with Crippen LogP contribution in [0.4, 0.5) is 0 Å². The standard InChI is InChI=1S/C10H13ClN2O2S2/c1-10(2,9(12)16)13-17(14,15)8-5-3-7(11)4-6-8/h3-6,13H,1-2H3,(H2,12,16). The normalized spacial score (nSPS) is 12.4. The number of hydrogen-bond acceptors (Lipinski definition) is 3. The van der Waals surface area contributed by atoms with Crippen LogP contribution in [0.2, 0.25) is 5.02 Å². The van der Waals surface area contributed by atoms with E-state index in [9.17, 15) is 8.42 Å². The number of rotatable bonds is 4. The van der Waals surface area contributed by atoms with Gasteiger partial charge in [0.05, 0.1) is 15.4 Å². The molecule has 0 atom stereocenters. The summed E-state index contributed by atoms with van der Waals surface area (Å²) in [4.78, 5) is 0.196. The first-order valence-corrected chi connectivity index (χ1v) is 7.01. The van der Waals surface area contributed by atoms with E-state index in [2.05, 4.69) is 4.72 Å². The molecule has 0 unspecified atom stereocenters. The highest BCUT2D eigenvalue weighted by Crippen LogP contribution is 2.16. The van der Waals surface area contributed by atoms with Crippen molar-refractivity contribution in [3.05, 3.63) is 29.3 Å². The molecular formula is C10H13ClN2O2S2. The zero-order chi connectivity index (χ0) is 13.3. The molecular weight excluding hydrogens is 280 g/mol. The number of nitrogens with two attached hydrogens (primary N) is 1. The third-order valence-corrected chi connectivity index (χ3v) is 4.56. The molecule has 0 heterocycles. The van der Waals surface area contributed by atoms with Gasteiger partial charge in [0.1, 0.15) is 0 Å². The maximum atomic E-state index is 12.0. The van der Waals surface area contributed by atoms with Crippen LogP contribution in [-0.2, 0) is 10.0 Å². The van der Waals surface area contributed by atoms with Crippen LogP contribution in [0.1, 0.15) is 13.8 Å². The van der Waals surface area contributed by atoms with E-state index >= 15 is 0 Å². The molecule has 0 bridgehead atoms. The molecule has 0 radical (unpaired) electrons. The largest absolute Gasteiger partial charge is 0.392 e. The van der Waals surface area contributed by atoms with E-state index < -0.39 is 15.6 Å². The molecule has 0 aliphatic rings. The van der Waals surface area contributed by atoms with Gasteiger partial charge in [0, 0.05) is 5.02 Å². The Bertz CT molecular complexity index is 524. The molecule has 17 heavy (non-hydrogen) atoms. The SMILES string of the molecule is CC(C)(NS(=O)(=O)c1ccc(Cl)cc1)C(N)=S. The smallest absolute Gasteiger partial charge is 0.241 e. The van der Waals surface area contributed by atoms with Gasteiger partial charge >= 0.3 is 0 Å². The van der Waals surface area contributed by atoms with Crippen molar-refractivity contribution >= 4 is 38.8 Å². The fraction of sp³-hybridized carbons (Fsp3) is 0.300. The summed E-state index contributed by atoms with van der Waals surface area (Å²) >= 11 is 10.5. The fourth-order valence-electron chi connectivity index (χ4n) is 1.06. The van der Waals surface area contributed by atoms with E-state index in [1.165, 1.54) is 24.3 Å². The molecule has 1 rings (SSSR count). The van der Waals surface area contributed by atoms with Crippen LogP contribution >= 0.6 is 23.8 Å². The molecule has 4 nitrogen and oxygen atoms in total. The summed E-state index contributed by atoms with van der Waals surface area (Å²) in [5.41, 5.74) is 4.48. The van der Waals surface area contributed by atoms with Gasteiger partial charge in [-0.15, -0.1) is 0 Å². The minimum Gasteiger partial charge on any atom is -0.392 e. The van der Waals surface area contributed by atoms with Crippen LogP contribution in [-0.4, -0.2) is 18.9 Å². The van der Waals surface area contributed by atoms with E-state index in [-0.39, 0.29) is 9.88 Å². The number of hydrogen-bond donors (Lipinski definition) is 2. The number of sulfonamides is 1. The molecule has 94 valence electrons. The number of halogens is 1. The van der Waals surface area contributed by atoms with Crippen LogP contribution < -0.4 is 10.5 Å². The van der Waals surface area contributed by atoms with Crippen molar-refractivity contribution in [3.63, 3.8) is 0 Å². The second-order valence-electron chi connectivity index (χ2n) is 4.05. The predicted octanol–water partition coefficient (Wildman–Crippen LogP) is 1.68. The average Bonchev–Trinajstić information content (AvgIpc) is 2.16. The minimum atomic E-state index is -3.66. The third kappa shape index (κ3) is 3.64. The van der Waals surface area contributed by atoms with Gasteiger partial charge in [-0.1, -0.05) is 23.8 Å². The van der Waals surface area contributed by atoms with Crippen LogP contribution in [0.5, 0.6) is 0 Å². The maximum Gasteiger partial charge on any atom is 0.241 e. The molecule has 1 aromatic rings. The van der Waals surface area contributed by atoms with E-state index in [4.69, 9.17) is 29.6 Å². The van der Waals surface area contributed by atoms with Gasteiger partial charge in [0.25, 0.3) is 0 Å². The Morgan fingerprint density at radius 1 is 1.35 bits per heavy atom. The molecule has 3 N–H and O–H groups in total. The molecule has 0 saturated carbocycles. The summed E-state index contributed by atoms with van der Waals surface area (Å²) in [7, 11) is -3.66. The summed E-state index contributed by atoms with van der Waals surface area (Å²) in [6, 6.07) is 5.84. The Balaban J connectivity index is 3.05. The first-order valence-electron chi connectivity index (χ1n) is 4.74. The summed E-state index contributed by atoms with van der Waals surface area (Å²) in [5, 5.41) is 0.470. The van der Waals surface area contributed by atoms with Gasteiger partial charge in [-0.25, -0.2) is 8.42 Å². The van der Waals surface area contributed by atoms with Crippen molar-refractivity contribution in [3.8, 4) is 0 Å². The molecule has 0 aromatic heterocycles. The lowest BCUT2D eigenvalue weighted by Crippen LogP contribution is -2.51. The topological polar surface area (TPSA) is 72.2 Å². The average molecular weight is 293 g/mol. The van der Waals surface area contributed by atoms with Gasteiger partial charge in [0.15, 0.2) is 0 Å². The molecule has 1 aromatic carbocycles. The Labute approximate surface area is 111 Å². The van der Waals surface area contributed by atoms with Crippen molar-refractivity contribution in [2.24, 2.45) is 5.73 Å². The third-order valence-electron chi connectivity index (χ3n) is 2.13. The number of nitrogens with one attached hydrogen (secondary N) is 1. The van der Waals surface area contributed by atoms with Crippen LogP contribution in [0, 0.1) is 0 Å². The second-order valence-corrected chi connectivity index (χ2v) is 6.61. The molecule has 0 saturated heterocycles. The zero-order valence-electron chi connectivity index (χ0n) is 9.40. The van der Waals surface area contributed by atoms with E-state index in [0.29, 0.717) is 5.02 Å². The second kappa shape index (κ2) is 4.89. The highest BCUT2D eigenvalue weighted by atomic mass is 35.5. The maximum absolute atomic E-state index is 12.0. The Hall–Kier alpha value is -0.690. The predicted molar refractivity (Wildman–Crippen MR) is 72.6 cm³/mol. The quantitative estimate of drug-likeness (QED) is 0.828. The lowest BCUT2D eigenvalue weighted by atomic mass is 10.1. The van der Waals surface area contributed by atoms with Crippen molar-refractivity contribution in [2.45, 2.75) is 24.3 Å². The van der Waals surface area contributed by atoms with Crippen LogP contribution in [0.15, 0.2) is 29.2 Å². The van der Waals surface area contributed by atoms with E-state index in [0.717, 1.165) is 0 Å². The van der Waals surface area contributed by atoms with Gasteiger partial charge in [-0.05, 0) is 38.1 Å². The molecule has 0 aliphatic heterocycles. The lowest BCUT2D eigenvalue weighted by molar-refractivity contribution is 0.546. The molecule has 0 amide bonds. The monoisotopic (exact) mass is 292 g/mol. The van der Waals surface area contributed by atoms with Gasteiger partial charge in [-0.3, -0.25) is 0 Å². The Morgan fingerprint density at radius 2 is 1.82 bits per heavy atom. The van der Waals surface area contributed by atoms with Crippen molar-refractivity contribution in [1.29, 1.82) is 0 Å². The van der Waals surface area contributed by atoms with E-state index in [1.807, 2.05) is 0 Å². The minimum absolute atomic E-state index is 0.0787. The number of benzene rings is 1. The van der Waals surface area contributed by atoms with Crippen molar-refractivity contribution in [1.82, 2.24) is 4.72 Å². The lowest BCUT2D eigenvalue weighted by Gasteiger charge is -2.24. The Morgan fingerprint density at radius 3 is 2.24 bits per heavy atom. The summed E-state index contributed by atoms with van der Waals surface area (Å²) < 4.78 is 26.4. The fourth-order valence-corrected chi connectivity index (χ4v) is 2.69. The number of thiocarbonyl (C=S) groups is 1. The highest BCUT2D eigenvalue weighted by molar-refractivity contribution is 7.89. The van der Waals surface area contributed by atoms with Crippen molar-refractivity contribution < 1.29 is 8.42 Å². The zero-order valence-corrected chi connectivity index (χ0v) is 11.8. The summed E-state index contributed by atoms with van der Waals surface area (Å²) in [5.74, 6) is 0. The molecule has 0 aliphatic carbocycles. The Kier molecular flexibility index (Phi) is 4.14. The van der Waals surface area contributed by atoms with Crippen LogP contribution in [0.25, 0.3) is 0 Å². The van der Waals surface area contributed by atoms with Gasteiger partial charge in [0.2, 0.25) is 10.0 Å². The van der Waals surface area contributed by atoms with Crippen molar-refractivity contribution in [2.75, 3.05) is 0 Å². The van der Waals surface area contributed by atoms with Crippen LogP contribution in [0.3, 0.4) is 0 Å². The molecule has 7 heteroatoms. The van der Waals surface area contributed by atoms with Gasteiger partial charge < -0.3 is 5.73 Å². The molecule has 0 spiro atoms. The first-order chi connectivity index (χ1) is 7.65. The van der Waals surface area contributed by atoms with E-state index in [1.54, 1.807) is 13.8 Å². The highest BCUT2D eigenvalue weighted by Gasteiger charge is 2.28. The summed E-state index contributed by atoms with van der Waals surface area (Å²) in [6.45, 7) is 3.20. The first kappa shape index (κ1) is 14.4.